The molecular weight excluding hydrogens is 305 g/mol. The van der Waals surface area contributed by atoms with E-state index in [1.54, 1.807) is 0 Å². The van der Waals surface area contributed by atoms with E-state index in [-0.39, 0.29) is 6.42 Å². The topological polar surface area (TPSA) is 38.0 Å². The lowest BCUT2D eigenvalue weighted by Gasteiger charge is -2.15. The zero-order valence-electron chi connectivity index (χ0n) is 8.57. The van der Waals surface area contributed by atoms with Crippen molar-refractivity contribution in [3.05, 3.63) is 20.3 Å². The van der Waals surface area contributed by atoms with Gasteiger partial charge in [0.1, 0.15) is 0 Å². The van der Waals surface area contributed by atoms with E-state index in [0.29, 0.717) is 0 Å². The summed E-state index contributed by atoms with van der Waals surface area (Å²) < 4.78 is 37.2. The summed E-state index contributed by atoms with van der Waals surface area (Å²) in [6.07, 6.45) is -5.03. The minimum atomic E-state index is -4.14. The molecule has 0 aliphatic rings. The Labute approximate surface area is 104 Å². The Bertz CT molecular complexity index is 332. The van der Waals surface area contributed by atoms with Crippen LogP contribution in [0.1, 0.15) is 29.3 Å². The predicted molar refractivity (Wildman–Crippen MR) is 62.1 cm³/mol. The van der Waals surface area contributed by atoms with E-state index in [0.717, 1.165) is 14.2 Å². The summed E-state index contributed by atoms with van der Waals surface area (Å²) in [5.41, 5.74) is 3.43. The van der Waals surface area contributed by atoms with Crippen molar-refractivity contribution >= 4 is 27.3 Å². The quantitative estimate of drug-likeness (QED) is 0.657. The Balaban J connectivity index is 2.68. The molecule has 0 fully saturated rings. The molecule has 0 aliphatic heterocycles. The summed E-state index contributed by atoms with van der Waals surface area (Å²) in [6, 6.07) is 1.40. The van der Waals surface area contributed by atoms with Gasteiger partial charge in [-0.25, -0.2) is 0 Å². The molecule has 0 spiro atoms. The maximum absolute atomic E-state index is 12.1. The zero-order chi connectivity index (χ0) is 12.3. The van der Waals surface area contributed by atoms with Crippen molar-refractivity contribution in [3.8, 4) is 0 Å². The van der Waals surface area contributed by atoms with Crippen LogP contribution in [0.25, 0.3) is 0 Å². The van der Waals surface area contributed by atoms with Crippen LogP contribution >= 0.6 is 27.3 Å². The van der Waals surface area contributed by atoms with Gasteiger partial charge in [0.25, 0.3) is 0 Å². The Kier molecular flexibility index (Phi) is 4.78. The molecule has 0 radical (unpaired) electrons. The van der Waals surface area contributed by atoms with Crippen LogP contribution in [0.4, 0.5) is 13.2 Å². The van der Waals surface area contributed by atoms with Crippen molar-refractivity contribution in [3.63, 3.8) is 0 Å². The third kappa shape index (κ3) is 4.04. The molecule has 92 valence electrons. The molecule has 0 amide bonds. The second-order valence-corrected chi connectivity index (χ2v) is 5.88. The van der Waals surface area contributed by atoms with Crippen LogP contribution in [0.5, 0.6) is 0 Å². The van der Waals surface area contributed by atoms with Crippen LogP contribution in [0.2, 0.25) is 0 Å². The maximum atomic E-state index is 12.1. The highest BCUT2D eigenvalue weighted by molar-refractivity contribution is 9.11. The Morgan fingerprint density at radius 3 is 2.56 bits per heavy atom. The van der Waals surface area contributed by atoms with Gasteiger partial charge >= 0.3 is 6.18 Å². The molecular formula is C9H12BrF3N2S. The van der Waals surface area contributed by atoms with Crippen molar-refractivity contribution in [2.45, 2.75) is 32.0 Å². The lowest BCUT2D eigenvalue weighted by Crippen LogP contribution is -2.28. The molecule has 0 bridgehead atoms. The molecule has 7 heteroatoms. The number of nitrogens with one attached hydrogen (secondary N) is 1. The number of nitrogens with two attached hydrogens (primary N) is 1. The first-order valence-corrected chi connectivity index (χ1v) is 6.23. The second-order valence-electron chi connectivity index (χ2n) is 3.48. The highest BCUT2D eigenvalue weighted by Gasteiger charge is 2.29. The SMILES string of the molecule is Cc1cc(C(CCC(F)(F)F)NN)sc1Br. The van der Waals surface area contributed by atoms with Gasteiger partial charge in [-0.3, -0.25) is 11.3 Å². The van der Waals surface area contributed by atoms with Gasteiger partial charge in [-0.1, -0.05) is 0 Å². The fourth-order valence-electron chi connectivity index (χ4n) is 1.27. The highest BCUT2D eigenvalue weighted by atomic mass is 79.9. The number of halogens is 4. The normalized spacial score (nSPS) is 14.1. The van der Waals surface area contributed by atoms with Crippen LogP contribution in [-0.4, -0.2) is 6.18 Å². The number of hydrogen-bond donors (Lipinski definition) is 2. The summed E-state index contributed by atoms with van der Waals surface area (Å²) in [5.74, 6) is 5.27. The first-order chi connectivity index (χ1) is 7.33. The van der Waals surface area contributed by atoms with E-state index in [4.69, 9.17) is 5.84 Å². The molecule has 1 heterocycles. The number of rotatable bonds is 4. The summed E-state index contributed by atoms with van der Waals surface area (Å²) in [5, 5.41) is 0. The number of aryl methyl sites for hydroxylation is 1. The molecule has 1 rings (SSSR count). The lowest BCUT2D eigenvalue weighted by molar-refractivity contribution is -0.136. The van der Waals surface area contributed by atoms with Crippen LogP contribution < -0.4 is 11.3 Å². The fourth-order valence-corrected chi connectivity index (χ4v) is 2.94. The molecule has 0 aliphatic carbocycles. The minimum Gasteiger partial charge on any atom is -0.271 e. The third-order valence-corrected chi connectivity index (χ3v) is 4.39. The van der Waals surface area contributed by atoms with Crippen LogP contribution in [-0.2, 0) is 0 Å². The van der Waals surface area contributed by atoms with E-state index >= 15 is 0 Å². The molecule has 0 saturated heterocycles. The molecule has 1 unspecified atom stereocenters. The van der Waals surface area contributed by atoms with Gasteiger partial charge in [0.05, 0.1) is 9.83 Å². The van der Waals surface area contributed by atoms with Crippen molar-refractivity contribution < 1.29 is 13.2 Å². The average Bonchev–Trinajstić information content (AvgIpc) is 2.46. The largest absolute Gasteiger partial charge is 0.389 e. The molecule has 1 aromatic heterocycles. The van der Waals surface area contributed by atoms with Gasteiger partial charge in [-0.2, -0.15) is 13.2 Å². The Morgan fingerprint density at radius 1 is 1.56 bits per heavy atom. The zero-order valence-corrected chi connectivity index (χ0v) is 11.0. The third-order valence-electron chi connectivity index (χ3n) is 2.14. The summed E-state index contributed by atoms with van der Waals surface area (Å²) in [6.45, 7) is 1.89. The second kappa shape index (κ2) is 5.48. The molecule has 1 atom stereocenters. The van der Waals surface area contributed by atoms with Crippen LogP contribution in [0.3, 0.4) is 0 Å². The first-order valence-electron chi connectivity index (χ1n) is 4.62. The van der Waals surface area contributed by atoms with Gasteiger partial charge in [-0.05, 0) is 40.9 Å². The lowest BCUT2D eigenvalue weighted by atomic mass is 10.1. The van der Waals surface area contributed by atoms with Crippen molar-refractivity contribution in [2.75, 3.05) is 0 Å². The molecule has 3 N–H and O–H groups in total. The number of alkyl halides is 3. The summed E-state index contributed by atoms with van der Waals surface area (Å²) in [7, 11) is 0. The van der Waals surface area contributed by atoms with Crippen LogP contribution in [0.15, 0.2) is 9.85 Å². The minimum absolute atomic E-state index is 0.0492. The molecule has 16 heavy (non-hydrogen) atoms. The van der Waals surface area contributed by atoms with E-state index in [1.165, 1.54) is 11.3 Å². The van der Waals surface area contributed by atoms with Gasteiger partial charge < -0.3 is 0 Å². The van der Waals surface area contributed by atoms with Gasteiger partial charge in [-0.15, -0.1) is 11.3 Å². The van der Waals surface area contributed by atoms with E-state index in [9.17, 15) is 13.2 Å². The predicted octanol–water partition coefficient (Wildman–Crippen LogP) is 3.67. The Hall–Kier alpha value is -0.110. The van der Waals surface area contributed by atoms with Crippen LogP contribution in [0, 0.1) is 6.92 Å². The summed E-state index contributed by atoms with van der Waals surface area (Å²) >= 11 is 4.74. The van der Waals surface area contributed by atoms with E-state index in [1.807, 2.05) is 13.0 Å². The standard InChI is InChI=1S/C9H12BrF3N2S/c1-5-4-7(16-8(5)10)6(15-14)2-3-9(11,12)13/h4,6,15H,2-3,14H2,1H3. The first kappa shape index (κ1) is 14.0. The number of hydrazine groups is 1. The average molecular weight is 317 g/mol. The van der Waals surface area contributed by atoms with E-state index in [2.05, 4.69) is 21.4 Å². The number of hydrogen-bond acceptors (Lipinski definition) is 3. The monoisotopic (exact) mass is 316 g/mol. The van der Waals surface area contributed by atoms with Gasteiger partial charge in [0, 0.05) is 11.3 Å². The molecule has 2 nitrogen and oxygen atoms in total. The summed E-state index contributed by atoms with van der Waals surface area (Å²) in [4.78, 5) is 0.816. The van der Waals surface area contributed by atoms with Crippen molar-refractivity contribution in [1.29, 1.82) is 0 Å². The van der Waals surface area contributed by atoms with Gasteiger partial charge in [0.15, 0.2) is 0 Å². The van der Waals surface area contributed by atoms with Gasteiger partial charge in [0.2, 0.25) is 0 Å². The number of thiophene rings is 1. The molecule has 1 aromatic rings. The van der Waals surface area contributed by atoms with Crippen molar-refractivity contribution in [2.24, 2.45) is 5.84 Å². The van der Waals surface area contributed by atoms with E-state index < -0.39 is 18.6 Å². The molecule has 0 saturated carbocycles. The highest BCUT2D eigenvalue weighted by Crippen LogP contribution is 2.34. The smallest absolute Gasteiger partial charge is 0.271 e. The molecule has 0 aromatic carbocycles. The Morgan fingerprint density at radius 2 is 2.19 bits per heavy atom. The maximum Gasteiger partial charge on any atom is 0.389 e. The van der Waals surface area contributed by atoms with Crippen molar-refractivity contribution in [1.82, 2.24) is 5.43 Å². The fraction of sp³-hybridized carbons (Fsp3) is 0.556.